The molecule has 0 unspecified atom stereocenters. The van der Waals surface area contributed by atoms with Crippen LogP contribution in [0.3, 0.4) is 0 Å². The van der Waals surface area contributed by atoms with Crippen molar-refractivity contribution in [2.45, 2.75) is 66.3 Å². The molecule has 7 rings (SSSR count). The van der Waals surface area contributed by atoms with Crippen LogP contribution in [0.5, 0.6) is 0 Å². The lowest BCUT2D eigenvalue weighted by Gasteiger charge is -2.14. The third kappa shape index (κ3) is 10.5. The van der Waals surface area contributed by atoms with Crippen LogP contribution in [-0.2, 0) is 0 Å². The first-order valence-electron chi connectivity index (χ1n) is 18.6. The Morgan fingerprint density at radius 2 is 1.33 bits per heavy atom. The highest BCUT2D eigenvalue weighted by Gasteiger charge is 2.20. The van der Waals surface area contributed by atoms with Gasteiger partial charge in [-0.25, -0.2) is 9.38 Å². The zero-order valence-corrected chi connectivity index (χ0v) is 34.8. The van der Waals surface area contributed by atoms with E-state index in [1.807, 2.05) is 132 Å². The maximum absolute atomic E-state index is 13.3. The fraction of sp³-hybridized carbons (Fsp3) is 0.146. The van der Waals surface area contributed by atoms with Crippen molar-refractivity contribution in [3.63, 3.8) is 0 Å². The third-order valence-corrected chi connectivity index (χ3v) is 11.4. The quantitative estimate of drug-likeness (QED) is 0.152. The predicted octanol–water partition coefficient (Wildman–Crippen LogP) is 12.6. The summed E-state index contributed by atoms with van der Waals surface area (Å²) in [5.41, 5.74) is 8.68. The van der Waals surface area contributed by atoms with E-state index in [1.54, 1.807) is 35.7 Å². The van der Waals surface area contributed by atoms with Crippen LogP contribution in [0.1, 0.15) is 76.2 Å². The summed E-state index contributed by atoms with van der Waals surface area (Å²) in [4.78, 5) is 34.0. The van der Waals surface area contributed by atoms with Crippen molar-refractivity contribution in [3.8, 4) is 0 Å². The third-order valence-electron chi connectivity index (χ3n) is 8.81. The average Bonchev–Trinajstić information content (AvgIpc) is 3.35. The van der Waals surface area contributed by atoms with Crippen LogP contribution in [0.2, 0.25) is 5.02 Å². The zero-order valence-electron chi connectivity index (χ0n) is 32.4. The molecule has 0 aliphatic carbocycles. The Hall–Kier alpha value is -5.41. The van der Waals surface area contributed by atoms with Gasteiger partial charge >= 0.3 is 0 Å². The van der Waals surface area contributed by atoms with Crippen LogP contribution < -0.4 is 10.6 Å². The zero-order chi connectivity index (χ0) is 40.6. The van der Waals surface area contributed by atoms with E-state index in [4.69, 9.17) is 16.6 Å². The van der Waals surface area contributed by atoms with E-state index < -0.39 is 0 Å². The summed E-state index contributed by atoms with van der Waals surface area (Å²) in [6, 6.07) is 41.9. The van der Waals surface area contributed by atoms with Crippen molar-refractivity contribution in [2.75, 3.05) is 0 Å². The molecule has 0 bridgehead atoms. The Morgan fingerprint density at radius 1 is 0.702 bits per heavy atom. The molecule has 0 saturated carbocycles. The van der Waals surface area contributed by atoms with Gasteiger partial charge in [-0.2, -0.15) is 0 Å². The number of halogens is 2. The first-order valence-corrected chi connectivity index (χ1v) is 20.6. The summed E-state index contributed by atoms with van der Waals surface area (Å²) >= 11 is 9.53. The summed E-state index contributed by atoms with van der Waals surface area (Å²) in [6.07, 6.45) is 0. The number of hydrogen-bond acceptors (Lipinski definition) is 5. The predicted molar refractivity (Wildman–Crippen MR) is 235 cm³/mol. The average molecular weight is 812 g/mol. The minimum atomic E-state index is -0.263. The molecule has 5 nitrogen and oxygen atoms in total. The van der Waals surface area contributed by atoms with Gasteiger partial charge < -0.3 is 10.6 Å². The van der Waals surface area contributed by atoms with E-state index in [1.165, 1.54) is 12.1 Å². The van der Waals surface area contributed by atoms with E-state index >= 15 is 0 Å². The molecule has 0 aromatic heterocycles. The molecule has 1 aliphatic rings. The van der Waals surface area contributed by atoms with Crippen LogP contribution in [0.4, 0.5) is 10.1 Å². The molecule has 57 heavy (non-hydrogen) atoms. The lowest BCUT2D eigenvalue weighted by atomic mass is 10.00. The topological polar surface area (TPSA) is 70.6 Å². The Bertz CT molecular complexity index is 2480. The number of aryl methyl sites for hydroxylation is 1. The van der Waals surface area contributed by atoms with Gasteiger partial charge in [0.25, 0.3) is 11.8 Å². The number of carbonyl (C=O) groups excluding carboxylic acids is 2. The molecule has 288 valence electrons. The highest BCUT2D eigenvalue weighted by molar-refractivity contribution is 7.99. The Labute approximate surface area is 347 Å². The molecule has 0 radical (unpaired) electrons. The van der Waals surface area contributed by atoms with E-state index in [0.717, 1.165) is 64.4 Å². The lowest BCUT2D eigenvalue weighted by Crippen LogP contribution is -2.30. The van der Waals surface area contributed by atoms with Gasteiger partial charge in [0, 0.05) is 58.9 Å². The molecule has 0 spiro atoms. The number of amides is 2. The Morgan fingerprint density at radius 3 is 2.02 bits per heavy atom. The number of aliphatic imine (C=N–C) groups is 1. The lowest BCUT2D eigenvalue weighted by molar-refractivity contribution is 0.0934. The van der Waals surface area contributed by atoms with Crippen molar-refractivity contribution < 1.29 is 14.0 Å². The van der Waals surface area contributed by atoms with Crippen molar-refractivity contribution in [3.05, 3.63) is 190 Å². The van der Waals surface area contributed by atoms with Crippen LogP contribution in [0.15, 0.2) is 165 Å². The van der Waals surface area contributed by atoms with Gasteiger partial charge in [0.1, 0.15) is 5.82 Å². The van der Waals surface area contributed by atoms with Crippen LogP contribution in [-0.4, -0.2) is 29.6 Å². The van der Waals surface area contributed by atoms with Gasteiger partial charge in [0.05, 0.1) is 11.4 Å². The monoisotopic (exact) mass is 811 g/mol. The number of nitrogens with zero attached hydrogens (tertiary/aromatic N) is 1. The van der Waals surface area contributed by atoms with Crippen LogP contribution >= 0.6 is 35.1 Å². The second kappa shape index (κ2) is 18.7. The summed E-state index contributed by atoms with van der Waals surface area (Å²) < 4.78 is 13.3. The van der Waals surface area contributed by atoms with Gasteiger partial charge in [0.2, 0.25) is 0 Å². The smallest absolute Gasteiger partial charge is 0.251 e. The van der Waals surface area contributed by atoms with Gasteiger partial charge in [-0.15, -0.1) is 0 Å². The highest BCUT2D eigenvalue weighted by atomic mass is 35.5. The fourth-order valence-electron chi connectivity index (χ4n) is 6.06. The van der Waals surface area contributed by atoms with Gasteiger partial charge in [-0.1, -0.05) is 102 Å². The van der Waals surface area contributed by atoms with E-state index in [-0.39, 0.29) is 29.7 Å². The second-order valence-electron chi connectivity index (χ2n) is 14.1. The van der Waals surface area contributed by atoms with Crippen molar-refractivity contribution in [1.29, 1.82) is 0 Å². The number of hydrogen-bond donors (Lipinski definition) is 2. The molecule has 0 fully saturated rings. The van der Waals surface area contributed by atoms with Crippen molar-refractivity contribution in [2.24, 2.45) is 4.99 Å². The summed E-state index contributed by atoms with van der Waals surface area (Å²) in [5.74, 6) is -0.421. The first-order chi connectivity index (χ1) is 27.4. The Kier molecular flexibility index (Phi) is 13.5. The molecule has 2 N–H and O–H groups in total. The minimum absolute atomic E-state index is 0.0651. The van der Waals surface area contributed by atoms with E-state index in [0.29, 0.717) is 16.1 Å². The molecule has 1 heterocycles. The normalized spacial score (nSPS) is 11.7. The van der Waals surface area contributed by atoms with E-state index in [9.17, 15) is 14.0 Å². The second-order valence-corrected chi connectivity index (χ2v) is 16.7. The standard InChI is InChI=1S/C25H24FNOS.C23H19ClN2OS/c1-16(2)27-25(28)20-11-14-23(17(3)15-20)29-24-8-6-5-7-22(24)18(4)19-9-12-21(26)13-10-19;1-14(2)25-23(27)16-10-11-21-19(13-16)26-22(15-6-5-7-17(24)12-15)18-8-3-4-9-20(18)28-21/h5-16H,4H2,1-3H3,(H,27,28);3-14H,1-2H3,(H,25,27). The number of carbonyl (C=O) groups is 2. The molecule has 9 heteroatoms. The number of nitrogens with one attached hydrogen (secondary N) is 2. The highest BCUT2D eigenvalue weighted by Crippen LogP contribution is 2.42. The number of fused-ring (bicyclic) bond motifs is 2. The maximum atomic E-state index is 13.3. The molecule has 6 aromatic carbocycles. The number of benzene rings is 6. The molecular formula is C48H43ClFN3O2S2. The fourth-order valence-corrected chi connectivity index (χ4v) is 8.30. The SMILES string of the molecule is C=C(c1ccc(F)cc1)c1ccccc1Sc1ccc(C(=O)NC(C)C)cc1C.CC(C)NC(=O)c1ccc2c(c1)N=C(c1cccc(Cl)c1)c1ccccc1S2. The van der Waals surface area contributed by atoms with Gasteiger partial charge in [-0.3, -0.25) is 9.59 Å². The molecule has 0 atom stereocenters. The first kappa shape index (κ1) is 41.2. The minimum Gasteiger partial charge on any atom is -0.350 e. The largest absolute Gasteiger partial charge is 0.350 e. The van der Waals surface area contributed by atoms with Crippen molar-refractivity contribution >= 4 is 63.9 Å². The Balaban J connectivity index is 0.000000193. The van der Waals surface area contributed by atoms with Crippen LogP contribution in [0.25, 0.3) is 5.57 Å². The molecule has 6 aromatic rings. The summed E-state index contributed by atoms with van der Waals surface area (Å²) in [6.45, 7) is 14.0. The van der Waals surface area contributed by atoms with Crippen LogP contribution in [0, 0.1) is 12.7 Å². The van der Waals surface area contributed by atoms with Crippen molar-refractivity contribution in [1.82, 2.24) is 10.6 Å². The van der Waals surface area contributed by atoms with E-state index in [2.05, 4.69) is 29.3 Å². The van der Waals surface area contributed by atoms with Gasteiger partial charge in [0.15, 0.2) is 0 Å². The van der Waals surface area contributed by atoms with Gasteiger partial charge in [-0.05, 0) is 130 Å². The molecular weight excluding hydrogens is 769 g/mol. The summed E-state index contributed by atoms with van der Waals surface area (Å²) in [7, 11) is 0. The number of rotatable bonds is 9. The molecule has 0 saturated heterocycles. The molecule has 1 aliphatic heterocycles. The summed E-state index contributed by atoms with van der Waals surface area (Å²) in [5, 5.41) is 6.52. The molecule has 2 amide bonds. The maximum Gasteiger partial charge on any atom is 0.251 e.